The van der Waals surface area contributed by atoms with Crippen LogP contribution in [0, 0.1) is 13.8 Å². The molecule has 2 aromatic rings. The Kier molecular flexibility index (Phi) is 5.00. The van der Waals surface area contributed by atoms with Crippen molar-refractivity contribution in [3.05, 3.63) is 59.2 Å². The summed E-state index contributed by atoms with van der Waals surface area (Å²) in [6.07, 6.45) is 0.285. The minimum absolute atomic E-state index is 0.285. The molecule has 0 heterocycles. The minimum Gasteiger partial charge on any atom is -0.312 e. The summed E-state index contributed by atoms with van der Waals surface area (Å²) >= 11 is 0. The van der Waals surface area contributed by atoms with Crippen LogP contribution >= 0.6 is 7.60 Å². The molecule has 0 N–H and O–H groups in total. The van der Waals surface area contributed by atoms with Crippen LogP contribution in [0.3, 0.4) is 0 Å². The van der Waals surface area contributed by atoms with E-state index < -0.39 is 7.60 Å². The second-order valence-electron chi connectivity index (χ2n) is 5.21. The number of rotatable bonds is 5. The Hall–Kier alpha value is -1.41. The molecule has 0 unspecified atom stereocenters. The van der Waals surface area contributed by atoms with Crippen LogP contribution in [0.25, 0.3) is 11.1 Å². The lowest BCUT2D eigenvalue weighted by Crippen LogP contribution is -1.93. The van der Waals surface area contributed by atoms with Gasteiger partial charge in [0.05, 0.1) is 6.16 Å². The van der Waals surface area contributed by atoms with Crippen molar-refractivity contribution in [3.63, 3.8) is 0 Å². The molecule has 21 heavy (non-hydrogen) atoms. The van der Waals surface area contributed by atoms with Gasteiger partial charge in [0.1, 0.15) is 0 Å². The highest BCUT2D eigenvalue weighted by Crippen LogP contribution is 2.49. The topological polar surface area (TPSA) is 35.5 Å². The van der Waals surface area contributed by atoms with Crippen LogP contribution < -0.4 is 0 Å². The standard InChI is InChI=1S/C17H21O3P/c1-13-9-14(2)11-17(10-13)16-7-5-15(6-8-16)12-21(18,19-3)20-4/h5-11H,12H2,1-4H3. The van der Waals surface area contributed by atoms with E-state index in [0.29, 0.717) is 0 Å². The fraction of sp³-hybridized carbons (Fsp3) is 0.294. The highest BCUT2D eigenvalue weighted by Gasteiger charge is 2.21. The molecular weight excluding hydrogens is 283 g/mol. The second-order valence-corrected chi connectivity index (χ2v) is 7.48. The third kappa shape index (κ3) is 4.04. The fourth-order valence-electron chi connectivity index (χ4n) is 2.37. The van der Waals surface area contributed by atoms with Gasteiger partial charge in [-0.2, -0.15) is 0 Å². The van der Waals surface area contributed by atoms with Crippen molar-refractivity contribution in [1.82, 2.24) is 0 Å². The molecule has 0 aliphatic rings. The summed E-state index contributed by atoms with van der Waals surface area (Å²) in [5.74, 6) is 0. The molecule has 0 aliphatic carbocycles. The number of aryl methyl sites for hydroxylation is 2. The molecule has 0 bridgehead atoms. The van der Waals surface area contributed by atoms with Gasteiger partial charge in [0.15, 0.2) is 0 Å². The molecule has 0 fully saturated rings. The van der Waals surface area contributed by atoms with Crippen LogP contribution in [0.4, 0.5) is 0 Å². The Morgan fingerprint density at radius 1 is 0.857 bits per heavy atom. The van der Waals surface area contributed by atoms with Crippen molar-refractivity contribution < 1.29 is 13.6 Å². The van der Waals surface area contributed by atoms with Crippen molar-refractivity contribution in [2.45, 2.75) is 20.0 Å². The summed E-state index contributed by atoms with van der Waals surface area (Å²) < 4.78 is 22.1. The molecule has 0 aromatic heterocycles. The first-order chi connectivity index (χ1) is 9.95. The SMILES string of the molecule is COP(=O)(Cc1ccc(-c2cc(C)cc(C)c2)cc1)OC. The Bertz CT molecular complexity index is 634. The summed E-state index contributed by atoms with van der Waals surface area (Å²) in [4.78, 5) is 0. The molecule has 3 nitrogen and oxygen atoms in total. The molecule has 0 atom stereocenters. The van der Waals surface area contributed by atoms with Gasteiger partial charge in [-0.05, 0) is 30.5 Å². The van der Waals surface area contributed by atoms with Crippen LogP contribution in [-0.4, -0.2) is 14.2 Å². The number of hydrogen-bond donors (Lipinski definition) is 0. The number of hydrogen-bond acceptors (Lipinski definition) is 3. The average Bonchev–Trinajstić information content (AvgIpc) is 2.47. The molecule has 4 heteroatoms. The second kappa shape index (κ2) is 6.57. The molecule has 0 saturated carbocycles. The smallest absolute Gasteiger partial charge is 0.312 e. The van der Waals surface area contributed by atoms with Gasteiger partial charge in [-0.15, -0.1) is 0 Å². The highest BCUT2D eigenvalue weighted by atomic mass is 31.2. The Morgan fingerprint density at radius 3 is 1.86 bits per heavy atom. The summed E-state index contributed by atoms with van der Waals surface area (Å²) in [5.41, 5.74) is 5.78. The summed E-state index contributed by atoms with van der Waals surface area (Å²) in [7, 11) is -0.184. The Labute approximate surface area is 126 Å². The van der Waals surface area contributed by atoms with E-state index in [1.54, 1.807) is 0 Å². The molecule has 0 amide bonds. The highest BCUT2D eigenvalue weighted by molar-refractivity contribution is 7.52. The van der Waals surface area contributed by atoms with Crippen LogP contribution in [-0.2, 0) is 19.8 Å². The van der Waals surface area contributed by atoms with Crippen molar-refractivity contribution >= 4 is 7.60 Å². The van der Waals surface area contributed by atoms with Crippen LogP contribution in [0.5, 0.6) is 0 Å². The van der Waals surface area contributed by atoms with Gasteiger partial charge in [-0.25, -0.2) is 0 Å². The van der Waals surface area contributed by atoms with E-state index >= 15 is 0 Å². The van der Waals surface area contributed by atoms with E-state index in [2.05, 4.69) is 32.0 Å². The van der Waals surface area contributed by atoms with Gasteiger partial charge in [0, 0.05) is 14.2 Å². The van der Waals surface area contributed by atoms with Crippen molar-refractivity contribution in [2.75, 3.05) is 14.2 Å². The lowest BCUT2D eigenvalue weighted by molar-refractivity contribution is 0.275. The summed E-state index contributed by atoms with van der Waals surface area (Å²) in [5, 5.41) is 0. The lowest BCUT2D eigenvalue weighted by Gasteiger charge is -2.13. The van der Waals surface area contributed by atoms with E-state index in [-0.39, 0.29) is 6.16 Å². The third-order valence-corrected chi connectivity index (χ3v) is 5.31. The first-order valence-corrected chi connectivity index (χ1v) is 8.57. The average molecular weight is 304 g/mol. The zero-order valence-corrected chi connectivity index (χ0v) is 13.8. The van der Waals surface area contributed by atoms with Crippen molar-refractivity contribution in [2.24, 2.45) is 0 Å². The molecule has 0 saturated heterocycles. The fourth-order valence-corrected chi connectivity index (χ4v) is 3.44. The molecule has 2 rings (SSSR count). The maximum Gasteiger partial charge on any atom is 0.334 e. The van der Waals surface area contributed by atoms with E-state index in [1.807, 2.05) is 24.3 Å². The van der Waals surface area contributed by atoms with E-state index in [9.17, 15) is 4.57 Å². The van der Waals surface area contributed by atoms with Gasteiger partial charge in [-0.1, -0.05) is 53.6 Å². The monoisotopic (exact) mass is 304 g/mol. The molecule has 112 valence electrons. The first-order valence-electron chi connectivity index (χ1n) is 6.84. The first kappa shape index (κ1) is 16.0. The number of benzene rings is 2. The quantitative estimate of drug-likeness (QED) is 0.733. The Morgan fingerprint density at radius 2 is 1.38 bits per heavy atom. The zero-order valence-electron chi connectivity index (χ0n) is 12.9. The predicted octanol–water partition coefficient (Wildman–Crippen LogP) is 4.96. The van der Waals surface area contributed by atoms with E-state index in [0.717, 1.165) is 11.1 Å². The largest absolute Gasteiger partial charge is 0.334 e. The normalized spacial score (nSPS) is 11.6. The van der Waals surface area contributed by atoms with Gasteiger partial charge in [0.2, 0.25) is 0 Å². The van der Waals surface area contributed by atoms with E-state index in [1.165, 1.54) is 30.9 Å². The van der Waals surface area contributed by atoms with Crippen LogP contribution in [0.2, 0.25) is 0 Å². The third-order valence-electron chi connectivity index (χ3n) is 3.44. The summed E-state index contributed by atoms with van der Waals surface area (Å²) in [6.45, 7) is 4.19. The lowest BCUT2D eigenvalue weighted by atomic mass is 10.00. The molecule has 0 aliphatic heterocycles. The maximum atomic E-state index is 12.1. The van der Waals surface area contributed by atoms with Crippen LogP contribution in [0.1, 0.15) is 16.7 Å². The maximum absolute atomic E-state index is 12.1. The van der Waals surface area contributed by atoms with Crippen molar-refractivity contribution in [1.29, 1.82) is 0 Å². The van der Waals surface area contributed by atoms with Crippen molar-refractivity contribution in [3.8, 4) is 11.1 Å². The van der Waals surface area contributed by atoms with E-state index in [4.69, 9.17) is 9.05 Å². The van der Waals surface area contributed by atoms with Gasteiger partial charge in [-0.3, -0.25) is 4.57 Å². The minimum atomic E-state index is -3.01. The van der Waals surface area contributed by atoms with Gasteiger partial charge < -0.3 is 9.05 Å². The summed E-state index contributed by atoms with van der Waals surface area (Å²) in [6, 6.07) is 14.5. The molecule has 0 spiro atoms. The van der Waals surface area contributed by atoms with Crippen LogP contribution in [0.15, 0.2) is 42.5 Å². The zero-order chi connectivity index (χ0) is 15.5. The Balaban J connectivity index is 2.25. The van der Waals surface area contributed by atoms with Gasteiger partial charge >= 0.3 is 7.60 Å². The molecule has 0 radical (unpaired) electrons. The molecular formula is C17H21O3P. The molecule has 2 aromatic carbocycles. The predicted molar refractivity (Wildman–Crippen MR) is 86.7 cm³/mol. The van der Waals surface area contributed by atoms with Gasteiger partial charge in [0.25, 0.3) is 0 Å².